The molecule has 1 aromatic rings. The third kappa shape index (κ3) is 4.47. The first-order valence-electron chi connectivity index (χ1n) is 7.76. The Kier molecular flexibility index (Phi) is 5.61. The van der Waals surface area contributed by atoms with Crippen molar-refractivity contribution in [2.24, 2.45) is 4.99 Å². The van der Waals surface area contributed by atoms with Crippen LogP contribution in [0.25, 0.3) is 0 Å². The molecule has 0 aromatic heterocycles. The minimum atomic E-state index is 0.790. The summed E-state index contributed by atoms with van der Waals surface area (Å²) in [5.74, 6) is 1.16. The van der Waals surface area contributed by atoms with Gasteiger partial charge in [0.15, 0.2) is 5.17 Å². The molecule has 1 fully saturated rings. The predicted octanol–water partition coefficient (Wildman–Crippen LogP) is 4.34. The Hall–Kier alpha value is -0.520. The second-order valence-corrected chi connectivity index (χ2v) is 7.65. The normalized spacial score (nSPS) is 18.2. The number of hydrogen-bond donors (Lipinski definition) is 1. The lowest BCUT2D eigenvalue weighted by Crippen LogP contribution is -2.20. The highest BCUT2D eigenvalue weighted by Gasteiger charge is 2.13. The van der Waals surface area contributed by atoms with Crippen molar-refractivity contribution in [2.45, 2.75) is 32.2 Å². The van der Waals surface area contributed by atoms with Crippen molar-refractivity contribution in [3.63, 3.8) is 0 Å². The van der Waals surface area contributed by atoms with Gasteiger partial charge in [-0.15, -0.1) is 0 Å². The second-order valence-electron chi connectivity index (χ2n) is 5.65. The molecule has 5 heteroatoms. The number of halogens is 1. The van der Waals surface area contributed by atoms with Crippen LogP contribution in [-0.2, 0) is 6.54 Å². The van der Waals surface area contributed by atoms with E-state index in [4.69, 9.17) is 0 Å². The van der Waals surface area contributed by atoms with E-state index in [1.165, 1.54) is 56.6 Å². The van der Waals surface area contributed by atoms with Gasteiger partial charge in [0.25, 0.3) is 0 Å². The fourth-order valence-electron chi connectivity index (χ4n) is 2.82. The maximum Gasteiger partial charge on any atom is 0.161 e. The fourth-order valence-corrected chi connectivity index (χ4v) is 4.11. The molecule has 114 valence electrons. The van der Waals surface area contributed by atoms with Crippen LogP contribution < -0.4 is 5.32 Å². The summed E-state index contributed by atoms with van der Waals surface area (Å²) in [5, 5.41) is 4.51. The fraction of sp³-hybridized carbons (Fsp3) is 0.562. The van der Waals surface area contributed by atoms with Crippen molar-refractivity contribution in [3.8, 4) is 0 Å². The van der Waals surface area contributed by atoms with E-state index in [1.54, 1.807) is 0 Å². The van der Waals surface area contributed by atoms with Crippen LogP contribution in [0.15, 0.2) is 27.7 Å². The third-order valence-corrected chi connectivity index (χ3v) is 5.50. The van der Waals surface area contributed by atoms with Crippen molar-refractivity contribution in [1.29, 1.82) is 0 Å². The number of rotatable bonds is 5. The van der Waals surface area contributed by atoms with Crippen LogP contribution in [0.1, 0.15) is 31.2 Å². The molecular weight excluding hydrogens is 346 g/mol. The molecule has 0 aliphatic carbocycles. The lowest BCUT2D eigenvalue weighted by molar-refractivity contribution is 0.333. The van der Waals surface area contributed by atoms with Crippen molar-refractivity contribution in [2.75, 3.05) is 30.7 Å². The van der Waals surface area contributed by atoms with Crippen molar-refractivity contribution in [1.82, 2.24) is 4.90 Å². The van der Waals surface area contributed by atoms with Gasteiger partial charge in [-0.05, 0) is 69.1 Å². The number of likely N-dealkylation sites (tertiary alicyclic amines) is 1. The van der Waals surface area contributed by atoms with Gasteiger partial charge in [-0.2, -0.15) is 0 Å². The molecule has 1 saturated heterocycles. The van der Waals surface area contributed by atoms with E-state index >= 15 is 0 Å². The zero-order chi connectivity index (χ0) is 14.5. The number of amidine groups is 1. The predicted molar refractivity (Wildman–Crippen MR) is 96.3 cm³/mol. The first-order valence-corrected chi connectivity index (χ1v) is 9.54. The molecule has 0 radical (unpaired) electrons. The van der Waals surface area contributed by atoms with Crippen LogP contribution in [0.2, 0.25) is 0 Å². The lowest BCUT2D eigenvalue weighted by atomic mass is 10.1. The summed E-state index contributed by atoms with van der Waals surface area (Å²) >= 11 is 5.36. The number of benzene rings is 1. The van der Waals surface area contributed by atoms with Gasteiger partial charge in [-0.1, -0.05) is 27.7 Å². The summed E-state index contributed by atoms with van der Waals surface area (Å²) in [6, 6.07) is 6.35. The molecular formula is C16H22BrN3S. The number of nitrogens with zero attached hydrogens (tertiary/aromatic N) is 2. The Balaban J connectivity index is 1.37. The molecule has 1 N–H and O–H groups in total. The van der Waals surface area contributed by atoms with Crippen LogP contribution in [-0.4, -0.2) is 35.5 Å². The molecule has 0 amide bonds. The summed E-state index contributed by atoms with van der Waals surface area (Å²) < 4.78 is 1.12. The van der Waals surface area contributed by atoms with E-state index < -0.39 is 0 Å². The minimum absolute atomic E-state index is 0.790. The van der Waals surface area contributed by atoms with Crippen LogP contribution in [0, 0.1) is 0 Å². The molecule has 3 rings (SSSR count). The minimum Gasteiger partial charge on any atom is -0.335 e. The number of fused-ring (bicyclic) bond motifs is 1. The average Bonchev–Trinajstić information content (AvgIpc) is 3.00. The van der Waals surface area contributed by atoms with E-state index in [0.29, 0.717) is 0 Å². The van der Waals surface area contributed by atoms with Crippen molar-refractivity contribution < 1.29 is 0 Å². The Morgan fingerprint density at radius 2 is 2.10 bits per heavy atom. The Labute approximate surface area is 139 Å². The second kappa shape index (κ2) is 7.65. The van der Waals surface area contributed by atoms with Crippen LogP contribution in [0.5, 0.6) is 0 Å². The molecule has 3 nitrogen and oxygen atoms in total. The van der Waals surface area contributed by atoms with E-state index in [1.807, 2.05) is 11.8 Å². The topological polar surface area (TPSA) is 27.6 Å². The first kappa shape index (κ1) is 15.4. The van der Waals surface area contributed by atoms with E-state index in [-0.39, 0.29) is 0 Å². The SMILES string of the molecule is Brc1ccc2c(c1)CN=C(SCCCCN1CCCC1)N2. The van der Waals surface area contributed by atoms with Crippen molar-refractivity contribution >= 4 is 38.5 Å². The Bertz CT molecular complexity index is 512. The highest BCUT2D eigenvalue weighted by atomic mass is 79.9. The summed E-state index contributed by atoms with van der Waals surface area (Å²) in [5.41, 5.74) is 2.47. The quantitative estimate of drug-likeness (QED) is 0.784. The molecule has 0 saturated carbocycles. The van der Waals surface area contributed by atoms with Gasteiger partial charge in [0, 0.05) is 15.9 Å². The van der Waals surface area contributed by atoms with Crippen LogP contribution in [0.3, 0.4) is 0 Å². The monoisotopic (exact) mass is 367 g/mol. The van der Waals surface area contributed by atoms with E-state index in [9.17, 15) is 0 Å². The number of nitrogens with one attached hydrogen (secondary N) is 1. The molecule has 0 bridgehead atoms. The van der Waals surface area contributed by atoms with Gasteiger partial charge >= 0.3 is 0 Å². The summed E-state index contributed by atoms with van der Waals surface area (Å²) in [6.07, 6.45) is 5.37. The summed E-state index contributed by atoms with van der Waals surface area (Å²) in [6.45, 7) is 4.69. The van der Waals surface area contributed by atoms with E-state index in [0.717, 1.165) is 21.9 Å². The number of aliphatic imine (C=N–C) groups is 1. The first-order chi connectivity index (χ1) is 10.3. The average molecular weight is 368 g/mol. The molecule has 21 heavy (non-hydrogen) atoms. The van der Waals surface area contributed by atoms with Gasteiger partial charge in [-0.25, -0.2) is 0 Å². The van der Waals surface area contributed by atoms with E-state index in [2.05, 4.69) is 49.3 Å². The molecule has 2 heterocycles. The maximum atomic E-state index is 4.62. The zero-order valence-corrected chi connectivity index (χ0v) is 14.7. The molecule has 0 atom stereocenters. The molecule has 2 aliphatic heterocycles. The van der Waals surface area contributed by atoms with Gasteiger partial charge in [0.05, 0.1) is 6.54 Å². The number of thioether (sulfide) groups is 1. The zero-order valence-electron chi connectivity index (χ0n) is 12.3. The standard InChI is InChI=1S/C16H22BrN3S/c17-14-5-6-15-13(11-14)12-18-16(19-15)21-10-4-3-9-20-7-1-2-8-20/h5-6,11H,1-4,7-10,12H2,(H,18,19). The smallest absolute Gasteiger partial charge is 0.161 e. The summed E-state index contributed by atoms with van der Waals surface area (Å²) in [7, 11) is 0. The van der Waals surface area contributed by atoms with Gasteiger partial charge in [0.1, 0.15) is 0 Å². The Morgan fingerprint density at radius 1 is 1.24 bits per heavy atom. The molecule has 0 spiro atoms. The van der Waals surface area contributed by atoms with Crippen LogP contribution in [0.4, 0.5) is 5.69 Å². The van der Waals surface area contributed by atoms with Gasteiger partial charge in [-0.3, -0.25) is 4.99 Å². The van der Waals surface area contributed by atoms with Gasteiger partial charge in [0.2, 0.25) is 0 Å². The molecule has 1 aromatic carbocycles. The third-order valence-electron chi connectivity index (χ3n) is 4.01. The molecule has 0 unspecified atom stereocenters. The number of anilines is 1. The highest BCUT2D eigenvalue weighted by molar-refractivity contribution is 9.10. The maximum absolute atomic E-state index is 4.62. The molecule has 2 aliphatic rings. The van der Waals surface area contributed by atoms with Crippen molar-refractivity contribution in [3.05, 3.63) is 28.2 Å². The summed E-state index contributed by atoms with van der Waals surface area (Å²) in [4.78, 5) is 7.22. The Morgan fingerprint density at radius 3 is 2.95 bits per heavy atom. The number of unbranched alkanes of at least 4 members (excludes halogenated alkanes) is 1. The highest BCUT2D eigenvalue weighted by Crippen LogP contribution is 2.26. The lowest BCUT2D eigenvalue weighted by Gasteiger charge is -2.18. The largest absolute Gasteiger partial charge is 0.335 e. The number of hydrogen-bond acceptors (Lipinski definition) is 4. The van der Waals surface area contributed by atoms with Crippen LogP contribution >= 0.6 is 27.7 Å². The van der Waals surface area contributed by atoms with Gasteiger partial charge < -0.3 is 10.2 Å².